The van der Waals surface area contributed by atoms with E-state index in [2.05, 4.69) is 40.0 Å². The van der Waals surface area contributed by atoms with Crippen LogP contribution in [-0.4, -0.2) is 10.5 Å². The minimum absolute atomic E-state index is 0.0384. The summed E-state index contributed by atoms with van der Waals surface area (Å²) in [6, 6.07) is 4.15. The number of rotatable bonds is 4. The van der Waals surface area contributed by atoms with Crippen LogP contribution < -0.4 is 5.73 Å². The Balaban J connectivity index is 1.96. The number of nitrogens with two attached hydrogens (primary N) is 1. The fourth-order valence-corrected chi connectivity index (χ4v) is 3.48. The van der Waals surface area contributed by atoms with E-state index in [9.17, 15) is 0 Å². The molecule has 1 aliphatic rings. The molecule has 0 amide bonds. The Morgan fingerprint density at radius 2 is 2.21 bits per heavy atom. The van der Waals surface area contributed by atoms with Gasteiger partial charge in [-0.05, 0) is 53.2 Å². The van der Waals surface area contributed by atoms with Gasteiger partial charge in [-0.2, -0.15) is 0 Å². The van der Waals surface area contributed by atoms with Crippen LogP contribution in [0.1, 0.15) is 57.6 Å². The minimum Gasteiger partial charge on any atom is -0.325 e. The number of pyridine rings is 1. The molecule has 2 unspecified atom stereocenters. The lowest BCUT2D eigenvalue weighted by molar-refractivity contribution is 0.352. The zero-order valence-electron chi connectivity index (χ0n) is 11.9. The van der Waals surface area contributed by atoms with Crippen molar-refractivity contribution in [3.8, 4) is 0 Å². The van der Waals surface area contributed by atoms with Gasteiger partial charge in [0.1, 0.15) is 0 Å². The molecule has 2 atom stereocenters. The molecule has 0 spiro atoms. The molecule has 1 heterocycles. The van der Waals surface area contributed by atoms with Crippen LogP contribution in [-0.2, 0) is 6.42 Å². The summed E-state index contributed by atoms with van der Waals surface area (Å²) in [5.41, 5.74) is 7.72. The SMILES string of the molecule is CCCC1CCCC(N)(Cc2ccc(Br)cn2)CC1. The Bertz CT molecular complexity index is 390. The molecule has 0 saturated heterocycles. The summed E-state index contributed by atoms with van der Waals surface area (Å²) in [4.78, 5) is 4.48. The van der Waals surface area contributed by atoms with Gasteiger partial charge < -0.3 is 5.73 Å². The molecule has 1 saturated carbocycles. The fourth-order valence-electron chi connectivity index (χ4n) is 3.25. The smallest absolute Gasteiger partial charge is 0.0422 e. The van der Waals surface area contributed by atoms with Gasteiger partial charge in [-0.15, -0.1) is 0 Å². The topological polar surface area (TPSA) is 38.9 Å². The molecule has 2 N–H and O–H groups in total. The van der Waals surface area contributed by atoms with Gasteiger partial charge >= 0.3 is 0 Å². The lowest BCUT2D eigenvalue weighted by Crippen LogP contribution is -2.41. The van der Waals surface area contributed by atoms with Gasteiger partial charge in [0.2, 0.25) is 0 Å². The van der Waals surface area contributed by atoms with Crippen molar-refractivity contribution in [2.75, 3.05) is 0 Å². The maximum atomic E-state index is 6.64. The van der Waals surface area contributed by atoms with E-state index in [-0.39, 0.29) is 5.54 Å². The van der Waals surface area contributed by atoms with E-state index >= 15 is 0 Å². The van der Waals surface area contributed by atoms with E-state index in [0.29, 0.717) is 0 Å². The third kappa shape index (κ3) is 4.57. The van der Waals surface area contributed by atoms with Gasteiger partial charge in [-0.3, -0.25) is 4.98 Å². The second-order valence-electron chi connectivity index (χ2n) is 6.09. The molecule has 1 aromatic heterocycles. The first-order chi connectivity index (χ1) is 9.11. The van der Waals surface area contributed by atoms with Gasteiger partial charge in [0, 0.05) is 28.3 Å². The highest BCUT2D eigenvalue weighted by Gasteiger charge is 2.29. The van der Waals surface area contributed by atoms with Crippen LogP contribution in [0.15, 0.2) is 22.8 Å². The van der Waals surface area contributed by atoms with E-state index < -0.39 is 0 Å². The molecule has 19 heavy (non-hydrogen) atoms. The van der Waals surface area contributed by atoms with Crippen LogP contribution in [0.5, 0.6) is 0 Å². The third-order valence-corrected chi connectivity index (χ3v) is 4.83. The summed E-state index contributed by atoms with van der Waals surface area (Å²) < 4.78 is 1.03. The van der Waals surface area contributed by atoms with Gasteiger partial charge in [0.15, 0.2) is 0 Å². The summed E-state index contributed by atoms with van der Waals surface area (Å²) in [5, 5.41) is 0. The van der Waals surface area contributed by atoms with Crippen molar-refractivity contribution in [3.63, 3.8) is 0 Å². The molecule has 0 aliphatic heterocycles. The Morgan fingerprint density at radius 1 is 1.37 bits per heavy atom. The van der Waals surface area contributed by atoms with E-state index in [0.717, 1.165) is 35.3 Å². The zero-order valence-corrected chi connectivity index (χ0v) is 13.5. The standard InChI is InChI=1S/C16H25BrN2/c1-2-4-13-5-3-9-16(18,10-8-13)11-15-7-6-14(17)12-19-15/h6-7,12-13H,2-5,8-11,18H2,1H3. The van der Waals surface area contributed by atoms with Crippen molar-refractivity contribution < 1.29 is 0 Å². The predicted molar refractivity (Wildman–Crippen MR) is 84.0 cm³/mol. The number of hydrogen-bond donors (Lipinski definition) is 1. The predicted octanol–water partition coefficient (Wildman–Crippen LogP) is 4.46. The molecule has 2 nitrogen and oxygen atoms in total. The average Bonchev–Trinajstić information content (AvgIpc) is 2.56. The summed E-state index contributed by atoms with van der Waals surface area (Å²) in [6.07, 6.45) is 11.7. The second-order valence-corrected chi connectivity index (χ2v) is 7.01. The van der Waals surface area contributed by atoms with Gasteiger partial charge in [0.25, 0.3) is 0 Å². The normalized spacial score (nSPS) is 28.1. The molecule has 0 radical (unpaired) electrons. The first kappa shape index (κ1) is 15.0. The number of halogens is 1. The van der Waals surface area contributed by atoms with E-state index in [1.807, 2.05) is 6.20 Å². The number of nitrogens with zero attached hydrogens (tertiary/aromatic N) is 1. The first-order valence-electron chi connectivity index (χ1n) is 7.50. The lowest BCUT2D eigenvalue weighted by Gasteiger charge is -2.28. The quantitative estimate of drug-likeness (QED) is 0.830. The van der Waals surface area contributed by atoms with E-state index in [1.165, 1.54) is 32.1 Å². The summed E-state index contributed by atoms with van der Waals surface area (Å²) in [7, 11) is 0. The highest BCUT2D eigenvalue weighted by molar-refractivity contribution is 9.10. The van der Waals surface area contributed by atoms with Crippen LogP contribution in [0.25, 0.3) is 0 Å². The van der Waals surface area contributed by atoms with Gasteiger partial charge in [0.05, 0.1) is 0 Å². The maximum absolute atomic E-state index is 6.64. The monoisotopic (exact) mass is 324 g/mol. The average molecular weight is 325 g/mol. The van der Waals surface area contributed by atoms with E-state index in [4.69, 9.17) is 5.73 Å². The van der Waals surface area contributed by atoms with Crippen LogP contribution in [0.3, 0.4) is 0 Å². The molecule has 0 bridgehead atoms. The Labute approximate surface area is 125 Å². The first-order valence-corrected chi connectivity index (χ1v) is 8.30. The Morgan fingerprint density at radius 3 is 2.89 bits per heavy atom. The molecule has 3 heteroatoms. The molecule has 106 valence electrons. The van der Waals surface area contributed by atoms with E-state index in [1.54, 1.807) is 0 Å². The molecule has 1 aliphatic carbocycles. The second kappa shape index (κ2) is 6.85. The van der Waals surface area contributed by atoms with Crippen LogP contribution in [0.2, 0.25) is 0 Å². The lowest BCUT2D eigenvalue weighted by atomic mass is 9.86. The highest BCUT2D eigenvalue weighted by Crippen LogP contribution is 2.33. The number of aromatic nitrogens is 1. The van der Waals surface area contributed by atoms with Crippen LogP contribution >= 0.6 is 15.9 Å². The third-order valence-electron chi connectivity index (χ3n) is 4.36. The molecule has 1 fully saturated rings. The molecule has 1 aromatic rings. The fraction of sp³-hybridized carbons (Fsp3) is 0.688. The van der Waals surface area contributed by atoms with Crippen molar-refractivity contribution >= 4 is 15.9 Å². The van der Waals surface area contributed by atoms with Gasteiger partial charge in [-0.1, -0.05) is 32.6 Å². The Hall–Kier alpha value is -0.410. The zero-order chi connectivity index (χ0) is 13.7. The molecular weight excluding hydrogens is 300 g/mol. The molecular formula is C16H25BrN2. The summed E-state index contributed by atoms with van der Waals surface area (Å²) >= 11 is 3.43. The summed E-state index contributed by atoms with van der Waals surface area (Å²) in [6.45, 7) is 2.28. The molecule has 0 aromatic carbocycles. The van der Waals surface area contributed by atoms with Crippen molar-refractivity contribution in [3.05, 3.63) is 28.5 Å². The van der Waals surface area contributed by atoms with Crippen molar-refractivity contribution in [2.24, 2.45) is 11.7 Å². The summed E-state index contributed by atoms with van der Waals surface area (Å²) in [5.74, 6) is 0.897. The number of hydrogen-bond acceptors (Lipinski definition) is 2. The van der Waals surface area contributed by atoms with Gasteiger partial charge in [-0.25, -0.2) is 0 Å². The largest absolute Gasteiger partial charge is 0.325 e. The maximum Gasteiger partial charge on any atom is 0.0422 e. The Kier molecular flexibility index (Phi) is 5.40. The molecule has 2 rings (SSSR count). The highest BCUT2D eigenvalue weighted by atomic mass is 79.9. The van der Waals surface area contributed by atoms with Crippen molar-refractivity contribution in [1.82, 2.24) is 4.98 Å². The van der Waals surface area contributed by atoms with Crippen molar-refractivity contribution in [2.45, 2.75) is 63.8 Å². The minimum atomic E-state index is -0.0384. The van der Waals surface area contributed by atoms with Crippen LogP contribution in [0, 0.1) is 5.92 Å². The van der Waals surface area contributed by atoms with Crippen molar-refractivity contribution in [1.29, 1.82) is 0 Å². The van der Waals surface area contributed by atoms with Crippen LogP contribution in [0.4, 0.5) is 0 Å².